The lowest BCUT2D eigenvalue weighted by atomic mass is 10.4. The van der Waals surface area contributed by atoms with Gasteiger partial charge in [-0.1, -0.05) is 6.92 Å². The minimum Gasteiger partial charge on any atom is -0.395 e. The number of pyridine rings is 1. The number of aliphatic hydroxyl groups is 1. The van der Waals surface area contributed by atoms with Gasteiger partial charge in [0.2, 0.25) is 10.0 Å². The quantitative estimate of drug-likeness (QED) is 0.654. The number of hydrogen-bond donors (Lipinski definition) is 2. The maximum Gasteiger partial charge on any atom is 0.244 e. The molecule has 1 aromatic heterocycles. The van der Waals surface area contributed by atoms with Gasteiger partial charge in [0.05, 0.1) is 13.2 Å². The van der Waals surface area contributed by atoms with E-state index in [1.54, 1.807) is 6.07 Å². The number of ether oxygens (including phenoxy) is 1. The van der Waals surface area contributed by atoms with Crippen LogP contribution in [0.25, 0.3) is 0 Å². The van der Waals surface area contributed by atoms with Gasteiger partial charge in [0.15, 0.2) is 0 Å². The first-order chi connectivity index (χ1) is 10.1. The molecule has 0 unspecified atom stereocenters. The van der Waals surface area contributed by atoms with E-state index in [4.69, 9.17) is 9.84 Å². The summed E-state index contributed by atoms with van der Waals surface area (Å²) in [6, 6.07) is 3.15. The molecule has 1 aromatic rings. The molecule has 0 aromatic carbocycles. The molecule has 0 saturated heterocycles. The molecule has 0 aliphatic heterocycles. The number of rotatable bonds is 10. The van der Waals surface area contributed by atoms with E-state index in [0.717, 1.165) is 13.0 Å². The van der Waals surface area contributed by atoms with E-state index in [9.17, 15) is 8.42 Å². The average molecular weight is 317 g/mol. The van der Waals surface area contributed by atoms with Crippen LogP contribution in [0.4, 0.5) is 5.82 Å². The molecule has 8 heteroatoms. The number of aromatic nitrogens is 1. The summed E-state index contributed by atoms with van der Waals surface area (Å²) in [4.78, 5) is 4.20. The van der Waals surface area contributed by atoms with Gasteiger partial charge >= 0.3 is 0 Å². The third kappa shape index (κ3) is 5.24. The Bertz CT molecular complexity index is 505. The molecule has 0 fully saturated rings. The van der Waals surface area contributed by atoms with Crippen molar-refractivity contribution in [2.24, 2.45) is 0 Å². The van der Waals surface area contributed by atoms with E-state index in [0.29, 0.717) is 5.82 Å². The van der Waals surface area contributed by atoms with Crippen LogP contribution in [0.3, 0.4) is 0 Å². The molecule has 0 radical (unpaired) electrons. The molecule has 0 amide bonds. The lowest BCUT2D eigenvalue weighted by Crippen LogP contribution is -2.36. The second-order valence-corrected chi connectivity index (χ2v) is 6.36. The zero-order chi connectivity index (χ0) is 15.7. The van der Waals surface area contributed by atoms with Crippen molar-refractivity contribution in [1.29, 1.82) is 0 Å². The van der Waals surface area contributed by atoms with Crippen LogP contribution in [-0.4, -0.2) is 62.8 Å². The van der Waals surface area contributed by atoms with Crippen molar-refractivity contribution in [2.75, 3.05) is 45.3 Å². The minimum atomic E-state index is -3.67. The average Bonchev–Trinajstić information content (AvgIpc) is 2.49. The maximum absolute atomic E-state index is 12.5. The predicted molar refractivity (Wildman–Crippen MR) is 80.7 cm³/mol. The van der Waals surface area contributed by atoms with Crippen LogP contribution in [0, 0.1) is 0 Å². The molecule has 1 rings (SSSR count). The van der Waals surface area contributed by atoms with E-state index in [-0.39, 0.29) is 31.2 Å². The maximum atomic E-state index is 12.5. The zero-order valence-corrected chi connectivity index (χ0v) is 13.3. The van der Waals surface area contributed by atoms with Gasteiger partial charge in [0, 0.05) is 32.9 Å². The van der Waals surface area contributed by atoms with E-state index in [2.05, 4.69) is 10.3 Å². The largest absolute Gasteiger partial charge is 0.395 e. The molecule has 0 saturated carbocycles. The molecule has 0 atom stereocenters. The number of nitrogens with one attached hydrogen (secondary N) is 1. The number of methoxy groups -OCH3 is 1. The highest BCUT2D eigenvalue weighted by molar-refractivity contribution is 7.89. The molecule has 0 spiro atoms. The van der Waals surface area contributed by atoms with Crippen molar-refractivity contribution >= 4 is 15.8 Å². The Kier molecular flexibility index (Phi) is 7.58. The van der Waals surface area contributed by atoms with Crippen molar-refractivity contribution in [2.45, 2.75) is 18.2 Å². The summed E-state index contributed by atoms with van der Waals surface area (Å²) in [5.41, 5.74) is 0. The van der Waals surface area contributed by atoms with Crippen LogP contribution in [0.2, 0.25) is 0 Å². The Hall–Kier alpha value is -1.22. The van der Waals surface area contributed by atoms with E-state index in [1.165, 1.54) is 23.7 Å². The van der Waals surface area contributed by atoms with Crippen LogP contribution in [-0.2, 0) is 14.8 Å². The van der Waals surface area contributed by atoms with Gasteiger partial charge in [0.1, 0.15) is 10.7 Å². The number of nitrogens with zero attached hydrogens (tertiary/aromatic N) is 2. The first-order valence-electron chi connectivity index (χ1n) is 6.86. The number of sulfonamides is 1. The van der Waals surface area contributed by atoms with Crippen molar-refractivity contribution in [3.63, 3.8) is 0 Å². The van der Waals surface area contributed by atoms with Gasteiger partial charge in [-0.05, 0) is 18.6 Å². The molecular formula is C13H23N3O4S. The fourth-order valence-corrected chi connectivity index (χ4v) is 3.06. The van der Waals surface area contributed by atoms with Gasteiger partial charge < -0.3 is 15.2 Å². The van der Waals surface area contributed by atoms with Gasteiger partial charge in [-0.3, -0.25) is 0 Å². The van der Waals surface area contributed by atoms with E-state index < -0.39 is 10.0 Å². The summed E-state index contributed by atoms with van der Waals surface area (Å²) in [6.07, 6.45) is 2.29. The number of hydrogen-bond acceptors (Lipinski definition) is 6. The second kappa shape index (κ2) is 8.93. The second-order valence-electron chi connectivity index (χ2n) is 4.43. The SMILES string of the molecule is CCCNc1ccc(S(=O)(=O)N(CCO)CCOC)cn1. The fourth-order valence-electron chi connectivity index (χ4n) is 1.70. The Morgan fingerprint density at radius 2 is 2.14 bits per heavy atom. The molecule has 0 aliphatic carbocycles. The summed E-state index contributed by atoms with van der Waals surface area (Å²) in [7, 11) is -2.17. The lowest BCUT2D eigenvalue weighted by molar-refractivity contribution is 0.168. The highest BCUT2D eigenvalue weighted by Crippen LogP contribution is 2.16. The highest BCUT2D eigenvalue weighted by Gasteiger charge is 2.24. The molecule has 21 heavy (non-hydrogen) atoms. The van der Waals surface area contributed by atoms with Crippen LogP contribution in [0.1, 0.15) is 13.3 Å². The Labute approximate surface area is 126 Å². The van der Waals surface area contributed by atoms with Crippen LogP contribution in [0.15, 0.2) is 23.2 Å². The first-order valence-corrected chi connectivity index (χ1v) is 8.30. The Balaban J connectivity index is 2.88. The molecule has 0 aliphatic rings. The summed E-state index contributed by atoms with van der Waals surface area (Å²) in [6.45, 7) is 3.06. The standard InChI is InChI=1S/C13H23N3O4S/c1-3-6-14-13-5-4-12(11-15-13)21(18,19)16(7-9-17)8-10-20-2/h4-5,11,17H,3,6-10H2,1-2H3,(H,14,15). The first kappa shape index (κ1) is 17.8. The van der Waals surface area contributed by atoms with Crippen LogP contribution < -0.4 is 5.32 Å². The van der Waals surface area contributed by atoms with Gasteiger partial charge in [-0.15, -0.1) is 0 Å². The van der Waals surface area contributed by atoms with Crippen LogP contribution >= 0.6 is 0 Å². The molecule has 7 nitrogen and oxygen atoms in total. The van der Waals surface area contributed by atoms with E-state index >= 15 is 0 Å². The summed E-state index contributed by atoms with van der Waals surface area (Å²) >= 11 is 0. The molecule has 120 valence electrons. The fraction of sp³-hybridized carbons (Fsp3) is 0.615. The van der Waals surface area contributed by atoms with Crippen molar-refractivity contribution < 1.29 is 18.3 Å². The van der Waals surface area contributed by atoms with Crippen LogP contribution in [0.5, 0.6) is 0 Å². The topological polar surface area (TPSA) is 91.8 Å². The predicted octanol–water partition coefficient (Wildman–Crippen LogP) is 0.533. The third-order valence-electron chi connectivity index (χ3n) is 2.82. The van der Waals surface area contributed by atoms with Crippen molar-refractivity contribution in [3.8, 4) is 0 Å². The Morgan fingerprint density at radius 3 is 2.67 bits per heavy atom. The molecule has 0 bridgehead atoms. The van der Waals surface area contributed by atoms with E-state index in [1.807, 2.05) is 6.92 Å². The number of aliphatic hydroxyl groups excluding tert-OH is 1. The lowest BCUT2D eigenvalue weighted by Gasteiger charge is -2.20. The Morgan fingerprint density at radius 1 is 1.38 bits per heavy atom. The highest BCUT2D eigenvalue weighted by atomic mass is 32.2. The van der Waals surface area contributed by atoms with Gasteiger partial charge in [-0.25, -0.2) is 13.4 Å². The summed E-state index contributed by atoms with van der Waals surface area (Å²) < 4.78 is 31.0. The zero-order valence-electron chi connectivity index (χ0n) is 12.4. The molecular weight excluding hydrogens is 294 g/mol. The van der Waals surface area contributed by atoms with Gasteiger partial charge in [0.25, 0.3) is 0 Å². The number of anilines is 1. The van der Waals surface area contributed by atoms with Gasteiger partial charge in [-0.2, -0.15) is 4.31 Å². The van der Waals surface area contributed by atoms with Crippen molar-refractivity contribution in [1.82, 2.24) is 9.29 Å². The monoisotopic (exact) mass is 317 g/mol. The minimum absolute atomic E-state index is 0.0293. The molecule has 2 N–H and O–H groups in total. The summed E-state index contributed by atoms with van der Waals surface area (Å²) in [5.74, 6) is 0.640. The third-order valence-corrected chi connectivity index (χ3v) is 4.71. The smallest absolute Gasteiger partial charge is 0.244 e. The summed E-state index contributed by atoms with van der Waals surface area (Å²) in [5, 5.41) is 12.1. The molecule has 1 heterocycles. The van der Waals surface area contributed by atoms with Crippen molar-refractivity contribution in [3.05, 3.63) is 18.3 Å². The normalized spacial score (nSPS) is 11.8.